The van der Waals surface area contributed by atoms with E-state index < -0.39 is 0 Å². The number of anilines is 1. The molecule has 6 heteroatoms. The van der Waals surface area contributed by atoms with Crippen molar-refractivity contribution in [1.29, 1.82) is 0 Å². The van der Waals surface area contributed by atoms with Crippen LogP contribution in [-0.2, 0) is 6.54 Å². The van der Waals surface area contributed by atoms with Gasteiger partial charge in [0.15, 0.2) is 5.69 Å². The SMILES string of the molecule is COc1ccc(NC(=O)c2nn(CCCOc3ccccc3)c3ccccc23)cc1. The summed E-state index contributed by atoms with van der Waals surface area (Å²) in [6.45, 7) is 1.23. The molecule has 152 valence electrons. The van der Waals surface area contributed by atoms with Crippen molar-refractivity contribution < 1.29 is 14.3 Å². The minimum Gasteiger partial charge on any atom is -0.497 e. The molecule has 1 heterocycles. The predicted octanol–water partition coefficient (Wildman–Crippen LogP) is 4.77. The van der Waals surface area contributed by atoms with E-state index in [-0.39, 0.29) is 5.91 Å². The van der Waals surface area contributed by atoms with Crippen molar-refractivity contribution in [3.8, 4) is 11.5 Å². The van der Waals surface area contributed by atoms with Gasteiger partial charge in [-0.25, -0.2) is 0 Å². The summed E-state index contributed by atoms with van der Waals surface area (Å²) in [6, 6.07) is 24.7. The second-order valence-corrected chi connectivity index (χ2v) is 6.79. The molecule has 3 aromatic carbocycles. The van der Waals surface area contributed by atoms with Gasteiger partial charge in [0.25, 0.3) is 5.91 Å². The Kier molecular flexibility index (Phi) is 5.94. The highest BCUT2D eigenvalue weighted by Crippen LogP contribution is 2.21. The number of hydrogen-bond donors (Lipinski definition) is 1. The Morgan fingerprint density at radius 1 is 0.933 bits per heavy atom. The second-order valence-electron chi connectivity index (χ2n) is 6.79. The predicted molar refractivity (Wildman–Crippen MR) is 117 cm³/mol. The standard InChI is InChI=1S/C24H23N3O3/c1-29-19-14-12-18(13-15-19)25-24(28)23-21-10-5-6-11-22(21)27(26-23)16-7-17-30-20-8-3-2-4-9-20/h2-6,8-15H,7,16-17H2,1H3,(H,25,28). The van der Waals surface area contributed by atoms with E-state index in [1.165, 1.54) is 0 Å². The van der Waals surface area contributed by atoms with Crippen molar-refractivity contribution in [2.24, 2.45) is 0 Å². The number of methoxy groups -OCH3 is 1. The molecule has 0 saturated heterocycles. The van der Waals surface area contributed by atoms with E-state index in [9.17, 15) is 4.79 Å². The Morgan fingerprint density at radius 3 is 2.43 bits per heavy atom. The monoisotopic (exact) mass is 401 g/mol. The number of carbonyl (C=O) groups excluding carboxylic acids is 1. The average molecular weight is 401 g/mol. The van der Waals surface area contributed by atoms with Gasteiger partial charge in [-0.05, 0) is 42.5 Å². The van der Waals surface area contributed by atoms with Crippen LogP contribution in [0.25, 0.3) is 10.9 Å². The van der Waals surface area contributed by atoms with Gasteiger partial charge in [0.05, 0.1) is 19.2 Å². The van der Waals surface area contributed by atoms with E-state index in [1.807, 2.05) is 59.3 Å². The summed E-state index contributed by atoms with van der Waals surface area (Å²) in [5.41, 5.74) is 2.03. The molecule has 0 unspecified atom stereocenters. The van der Waals surface area contributed by atoms with Gasteiger partial charge >= 0.3 is 0 Å². The van der Waals surface area contributed by atoms with E-state index >= 15 is 0 Å². The number of hydrogen-bond acceptors (Lipinski definition) is 4. The van der Waals surface area contributed by atoms with Gasteiger partial charge in [0, 0.05) is 24.0 Å². The van der Waals surface area contributed by atoms with E-state index in [0.29, 0.717) is 24.5 Å². The minimum atomic E-state index is -0.240. The molecule has 0 bridgehead atoms. The molecule has 1 amide bonds. The second kappa shape index (κ2) is 9.13. The molecule has 30 heavy (non-hydrogen) atoms. The van der Waals surface area contributed by atoms with Crippen molar-refractivity contribution in [2.75, 3.05) is 19.0 Å². The van der Waals surface area contributed by atoms with Crippen LogP contribution >= 0.6 is 0 Å². The topological polar surface area (TPSA) is 65.4 Å². The van der Waals surface area contributed by atoms with Crippen LogP contribution in [0.5, 0.6) is 11.5 Å². The number of nitrogens with zero attached hydrogens (tertiary/aromatic N) is 2. The smallest absolute Gasteiger partial charge is 0.276 e. The molecule has 0 aliphatic rings. The molecular formula is C24H23N3O3. The lowest BCUT2D eigenvalue weighted by Gasteiger charge is -2.07. The van der Waals surface area contributed by atoms with Crippen LogP contribution in [0.4, 0.5) is 5.69 Å². The van der Waals surface area contributed by atoms with Gasteiger partial charge in [-0.2, -0.15) is 5.10 Å². The van der Waals surface area contributed by atoms with Crippen molar-refractivity contribution in [3.63, 3.8) is 0 Å². The highest BCUT2D eigenvalue weighted by atomic mass is 16.5. The maximum atomic E-state index is 12.9. The van der Waals surface area contributed by atoms with Crippen molar-refractivity contribution in [2.45, 2.75) is 13.0 Å². The fourth-order valence-corrected chi connectivity index (χ4v) is 3.25. The molecule has 1 aromatic heterocycles. The molecule has 0 radical (unpaired) electrons. The van der Waals surface area contributed by atoms with Crippen molar-refractivity contribution in [1.82, 2.24) is 9.78 Å². The lowest BCUT2D eigenvalue weighted by atomic mass is 10.2. The fourth-order valence-electron chi connectivity index (χ4n) is 3.25. The van der Waals surface area contributed by atoms with Crippen LogP contribution < -0.4 is 14.8 Å². The number of para-hydroxylation sites is 2. The highest BCUT2D eigenvalue weighted by molar-refractivity contribution is 6.11. The molecule has 0 aliphatic carbocycles. The molecule has 1 N–H and O–H groups in total. The average Bonchev–Trinajstić information content (AvgIpc) is 3.17. The Morgan fingerprint density at radius 2 is 1.67 bits per heavy atom. The van der Waals surface area contributed by atoms with Crippen molar-refractivity contribution >= 4 is 22.5 Å². The van der Waals surface area contributed by atoms with E-state index in [1.54, 1.807) is 31.4 Å². The summed E-state index contributed by atoms with van der Waals surface area (Å²) in [5.74, 6) is 1.35. The van der Waals surface area contributed by atoms with Gasteiger partial charge in [-0.3, -0.25) is 9.48 Å². The van der Waals surface area contributed by atoms with Gasteiger partial charge in [-0.1, -0.05) is 36.4 Å². The zero-order valence-electron chi connectivity index (χ0n) is 16.7. The third-order valence-corrected chi connectivity index (χ3v) is 4.75. The summed E-state index contributed by atoms with van der Waals surface area (Å²) in [7, 11) is 1.61. The van der Waals surface area contributed by atoms with Gasteiger partial charge in [0.1, 0.15) is 11.5 Å². The van der Waals surface area contributed by atoms with Gasteiger partial charge < -0.3 is 14.8 Å². The first kappa shape index (κ1) is 19.5. The lowest BCUT2D eigenvalue weighted by Crippen LogP contribution is -2.14. The van der Waals surface area contributed by atoms with Crippen LogP contribution in [-0.4, -0.2) is 29.4 Å². The highest BCUT2D eigenvalue weighted by Gasteiger charge is 2.17. The van der Waals surface area contributed by atoms with E-state index in [2.05, 4.69) is 10.4 Å². The molecule has 4 rings (SSSR count). The van der Waals surface area contributed by atoms with Gasteiger partial charge in [0.2, 0.25) is 0 Å². The molecule has 4 aromatic rings. The van der Waals surface area contributed by atoms with Crippen LogP contribution in [0.3, 0.4) is 0 Å². The molecule has 0 spiro atoms. The normalized spacial score (nSPS) is 10.7. The third-order valence-electron chi connectivity index (χ3n) is 4.75. The number of benzene rings is 3. The number of ether oxygens (including phenoxy) is 2. The molecule has 0 saturated carbocycles. The van der Waals surface area contributed by atoms with Crippen LogP contribution in [0.1, 0.15) is 16.9 Å². The first-order valence-corrected chi connectivity index (χ1v) is 9.83. The van der Waals surface area contributed by atoms with E-state index in [0.717, 1.165) is 28.8 Å². The van der Waals surface area contributed by atoms with Crippen molar-refractivity contribution in [3.05, 3.63) is 84.6 Å². The fraction of sp³-hybridized carbons (Fsp3) is 0.167. The Bertz CT molecular complexity index is 1120. The maximum absolute atomic E-state index is 12.9. The summed E-state index contributed by atoms with van der Waals surface area (Å²) >= 11 is 0. The minimum absolute atomic E-state index is 0.240. The van der Waals surface area contributed by atoms with Crippen LogP contribution in [0.15, 0.2) is 78.9 Å². The largest absolute Gasteiger partial charge is 0.497 e. The summed E-state index contributed by atoms with van der Waals surface area (Å²) in [5, 5.41) is 8.32. The molecular weight excluding hydrogens is 378 g/mol. The van der Waals surface area contributed by atoms with Gasteiger partial charge in [-0.15, -0.1) is 0 Å². The number of amides is 1. The quantitative estimate of drug-likeness (QED) is 0.432. The maximum Gasteiger partial charge on any atom is 0.276 e. The Hall–Kier alpha value is -3.80. The zero-order chi connectivity index (χ0) is 20.8. The number of carbonyl (C=O) groups is 1. The lowest BCUT2D eigenvalue weighted by molar-refractivity contribution is 0.102. The summed E-state index contributed by atoms with van der Waals surface area (Å²) < 4.78 is 12.8. The summed E-state index contributed by atoms with van der Waals surface area (Å²) in [6.07, 6.45) is 0.778. The molecule has 0 fully saturated rings. The van der Waals surface area contributed by atoms with Crippen LogP contribution in [0, 0.1) is 0 Å². The van der Waals surface area contributed by atoms with Crippen LogP contribution in [0.2, 0.25) is 0 Å². The number of nitrogens with one attached hydrogen (secondary N) is 1. The van der Waals surface area contributed by atoms with E-state index in [4.69, 9.17) is 9.47 Å². The number of aryl methyl sites for hydroxylation is 1. The number of aromatic nitrogens is 2. The molecule has 6 nitrogen and oxygen atoms in total. The Balaban J connectivity index is 1.46. The number of rotatable bonds is 8. The Labute approximate surface area is 175 Å². The first-order chi connectivity index (χ1) is 14.7. The third kappa shape index (κ3) is 4.43. The summed E-state index contributed by atoms with van der Waals surface area (Å²) in [4.78, 5) is 12.9. The first-order valence-electron chi connectivity index (χ1n) is 9.83. The zero-order valence-corrected chi connectivity index (χ0v) is 16.7. The molecule has 0 aliphatic heterocycles. The number of fused-ring (bicyclic) bond motifs is 1. The molecule has 0 atom stereocenters.